The number of hydrogen-bond acceptors (Lipinski definition) is 2. The fourth-order valence-electron chi connectivity index (χ4n) is 2.37. The molecule has 0 heterocycles. The van der Waals surface area contributed by atoms with E-state index in [1.807, 2.05) is 12.1 Å². The van der Waals surface area contributed by atoms with Crippen LogP contribution < -0.4 is 5.32 Å². The van der Waals surface area contributed by atoms with Gasteiger partial charge in [-0.05, 0) is 37.8 Å². The van der Waals surface area contributed by atoms with E-state index in [-0.39, 0.29) is 18.2 Å². The zero-order chi connectivity index (χ0) is 11.5. The van der Waals surface area contributed by atoms with E-state index in [9.17, 15) is 5.11 Å². The fraction of sp³-hybridized carbons (Fsp3) is 0.538. The summed E-state index contributed by atoms with van der Waals surface area (Å²) in [4.78, 5) is 0. The normalized spacial score (nSPS) is 26.9. The lowest BCUT2D eigenvalue weighted by atomic mass is 10.1. The van der Waals surface area contributed by atoms with Crippen molar-refractivity contribution in [2.45, 2.75) is 44.4 Å². The summed E-state index contributed by atoms with van der Waals surface area (Å²) in [6.07, 6.45) is 2.96. The molecule has 0 unspecified atom stereocenters. The molecule has 16 heavy (non-hydrogen) atoms. The molecule has 3 heteroatoms. The Morgan fingerprint density at radius 1 is 1.38 bits per heavy atom. The molecule has 2 N–H and O–H groups in total. The maximum absolute atomic E-state index is 9.78. The van der Waals surface area contributed by atoms with Crippen molar-refractivity contribution in [2.24, 2.45) is 0 Å². The summed E-state index contributed by atoms with van der Waals surface area (Å²) in [5.74, 6) is 0. The van der Waals surface area contributed by atoms with Crippen molar-refractivity contribution in [1.29, 1.82) is 0 Å². The van der Waals surface area contributed by atoms with Crippen molar-refractivity contribution in [1.82, 2.24) is 5.32 Å². The second kappa shape index (κ2) is 5.30. The molecule has 0 amide bonds. The molecule has 1 fully saturated rings. The largest absolute Gasteiger partial charge is 0.392 e. The SMILES string of the molecule is C[C@@H](N[C@@H]1CCC[C@H]1O)c1ccccc1Br. The predicted molar refractivity (Wildman–Crippen MR) is 69.3 cm³/mol. The van der Waals surface area contributed by atoms with E-state index in [4.69, 9.17) is 0 Å². The number of aliphatic hydroxyl groups excluding tert-OH is 1. The molecule has 0 saturated heterocycles. The standard InChI is InChI=1S/C13H18BrNO/c1-9(10-5-2-3-6-11(10)14)15-12-7-4-8-13(12)16/h2-3,5-6,9,12-13,15-16H,4,7-8H2,1H3/t9-,12-,13-/m1/s1. The zero-order valence-electron chi connectivity index (χ0n) is 9.49. The van der Waals surface area contributed by atoms with Crippen LogP contribution in [0.25, 0.3) is 0 Å². The molecule has 0 spiro atoms. The van der Waals surface area contributed by atoms with Crippen molar-refractivity contribution in [3.63, 3.8) is 0 Å². The molecule has 1 saturated carbocycles. The summed E-state index contributed by atoms with van der Waals surface area (Å²) < 4.78 is 1.13. The van der Waals surface area contributed by atoms with Gasteiger partial charge < -0.3 is 10.4 Å². The third kappa shape index (κ3) is 2.65. The second-order valence-corrected chi connectivity index (χ2v) is 5.37. The van der Waals surface area contributed by atoms with E-state index in [1.54, 1.807) is 0 Å². The molecule has 0 radical (unpaired) electrons. The van der Waals surface area contributed by atoms with Gasteiger partial charge in [-0.3, -0.25) is 0 Å². The van der Waals surface area contributed by atoms with Gasteiger partial charge in [-0.2, -0.15) is 0 Å². The van der Waals surface area contributed by atoms with E-state index in [1.165, 1.54) is 5.56 Å². The molecular weight excluding hydrogens is 266 g/mol. The van der Waals surface area contributed by atoms with Crippen LogP contribution in [0.4, 0.5) is 0 Å². The van der Waals surface area contributed by atoms with Crippen LogP contribution in [0.2, 0.25) is 0 Å². The van der Waals surface area contributed by atoms with Gasteiger partial charge in [-0.25, -0.2) is 0 Å². The van der Waals surface area contributed by atoms with Crippen molar-refractivity contribution in [3.8, 4) is 0 Å². The monoisotopic (exact) mass is 283 g/mol. The van der Waals surface area contributed by atoms with Gasteiger partial charge in [0.05, 0.1) is 6.10 Å². The van der Waals surface area contributed by atoms with Gasteiger partial charge in [0, 0.05) is 16.6 Å². The predicted octanol–water partition coefficient (Wildman–Crippen LogP) is 3.01. The molecule has 0 aromatic heterocycles. The van der Waals surface area contributed by atoms with Crippen molar-refractivity contribution < 1.29 is 5.11 Å². The fourth-order valence-corrected chi connectivity index (χ4v) is 3.00. The smallest absolute Gasteiger partial charge is 0.0693 e. The first-order valence-electron chi connectivity index (χ1n) is 5.87. The number of halogens is 1. The van der Waals surface area contributed by atoms with Crippen molar-refractivity contribution >= 4 is 15.9 Å². The average Bonchev–Trinajstić information content (AvgIpc) is 2.65. The van der Waals surface area contributed by atoms with Gasteiger partial charge in [0.1, 0.15) is 0 Å². The number of nitrogens with one attached hydrogen (secondary N) is 1. The van der Waals surface area contributed by atoms with E-state index < -0.39 is 0 Å². The minimum Gasteiger partial charge on any atom is -0.392 e. The molecular formula is C13H18BrNO. The molecule has 88 valence electrons. The summed E-state index contributed by atoms with van der Waals surface area (Å²) in [6.45, 7) is 2.14. The number of rotatable bonds is 3. The van der Waals surface area contributed by atoms with Crippen LogP contribution in [0, 0.1) is 0 Å². The summed E-state index contributed by atoms with van der Waals surface area (Å²) in [5.41, 5.74) is 1.25. The Bertz CT molecular complexity index is 356. The van der Waals surface area contributed by atoms with Crippen molar-refractivity contribution in [2.75, 3.05) is 0 Å². The lowest BCUT2D eigenvalue weighted by molar-refractivity contribution is 0.144. The van der Waals surface area contributed by atoms with Crippen LogP contribution >= 0.6 is 15.9 Å². The summed E-state index contributed by atoms with van der Waals surface area (Å²) in [7, 11) is 0. The average molecular weight is 284 g/mol. The van der Waals surface area contributed by atoms with Crippen LogP contribution in [-0.2, 0) is 0 Å². The third-order valence-electron chi connectivity index (χ3n) is 3.32. The first-order chi connectivity index (χ1) is 7.68. The van der Waals surface area contributed by atoms with E-state index in [0.717, 1.165) is 23.7 Å². The Hall–Kier alpha value is -0.380. The Kier molecular flexibility index (Phi) is 4.00. The van der Waals surface area contributed by atoms with Crippen molar-refractivity contribution in [3.05, 3.63) is 34.3 Å². The summed E-state index contributed by atoms with van der Waals surface area (Å²) in [6, 6.07) is 8.76. The molecule has 0 bridgehead atoms. The van der Waals surface area contributed by atoms with Gasteiger partial charge >= 0.3 is 0 Å². The molecule has 1 aliphatic carbocycles. The molecule has 3 atom stereocenters. The van der Waals surface area contributed by atoms with Crippen LogP contribution in [-0.4, -0.2) is 17.3 Å². The highest BCUT2D eigenvalue weighted by molar-refractivity contribution is 9.10. The lowest BCUT2D eigenvalue weighted by Gasteiger charge is -2.23. The Morgan fingerprint density at radius 2 is 2.12 bits per heavy atom. The van der Waals surface area contributed by atoms with Gasteiger partial charge in [0.15, 0.2) is 0 Å². The number of benzene rings is 1. The summed E-state index contributed by atoms with van der Waals surface area (Å²) in [5, 5.41) is 13.3. The van der Waals surface area contributed by atoms with Crippen LogP contribution in [0.1, 0.15) is 37.8 Å². The van der Waals surface area contributed by atoms with Crippen LogP contribution in [0.15, 0.2) is 28.7 Å². The molecule has 2 nitrogen and oxygen atoms in total. The quantitative estimate of drug-likeness (QED) is 0.894. The summed E-state index contributed by atoms with van der Waals surface area (Å²) >= 11 is 3.56. The Balaban J connectivity index is 2.03. The van der Waals surface area contributed by atoms with E-state index in [0.29, 0.717) is 0 Å². The Labute approximate surface area is 105 Å². The zero-order valence-corrected chi connectivity index (χ0v) is 11.1. The molecule has 2 rings (SSSR count). The van der Waals surface area contributed by atoms with Gasteiger partial charge in [-0.15, -0.1) is 0 Å². The van der Waals surface area contributed by atoms with Gasteiger partial charge in [-0.1, -0.05) is 34.1 Å². The van der Waals surface area contributed by atoms with Gasteiger partial charge in [0.25, 0.3) is 0 Å². The van der Waals surface area contributed by atoms with E-state index in [2.05, 4.69) is 40.3 Å². The first kappa shape index (κ1) is 12.1. The molecule has 1 aromatic rings. The van der Waals surface area contributed by atoms with Gasteiger partial charge in [0.2, 0.25) is 0 Å². The topological polar surface area (TPSA) is 32.3 Å². The number of hydrogen-bond donors (Lipinski definition) is 2. The minimum absolute atomic E-state index is 0.176. The lowest BCUT2D eigenvalue weighted by Crippen LogP contribution is -2.37. The van der Waals surface area contributed by atoms with Crippen LogP contribution in [0.3, 0.4) is 0 Å². The molecule has 0 aliphatic heterocycles. The highest BCUT2D eigenvalue weighted by Gasteiger charge is 2.26. The maximum atomic E-state index is 9.78. The van der Waals surface area contributed by atoms with E-state index >= 15 is 0 Å². The number of aliphatic hydroxyl groups is 1. The maximum Gasteiger partial charge on any atom is 0.0693 e. The minimum atomic E-state index is -0.176. The molecule has 1 aliphatic rings. The first-order valence-corrected chi connectivity index (χ1v) is 6.66. The second-order valence-electron chi connectivity index (χ2n) is 4.51. The third-order valence-corrected chi connectivity index (χ3v) is 4.04. The van der Waals surface area contributed by atoms with Crippen LogP contribution in [0.5, 0.6) is 0 Å². The molecule has 1 aromatic carbocycles. The highest BCUT2D eigenvalue weighted by atomic mass is 79.9. The Morgan fingerprint density at radius 3 is 2.75 bits per heavy atom. The highest BCUT2D eigenvalue weighted by Crippen LogP contribution is 2.26.